The van der Waals surface area contributed by atoms with Crippen molar-refractivity contribution < 1.29 is 8.91 Å². The molecule has 2 N–H and O–H groups in total. The molecular weight excluding hydrogens is 463 g/mol. The lowest BCUT2D eigenvalue weighted by Gasteiger charge is -2.40. The first-order valence-corrected chi connectivity index (χ1v) is 12.4. The lowest BCUT2D eigenvalue weighted by atomic mass is 9.91. The Morgan fingerprint density at radius 1 is 1.18 bits per heavy atom. The van der Waals surface area contributed by atoms with Crippen molar-refractivity contribution in [2.75, 3.05) is 5.75 Å². The molecule has 7 nitrogen and oxygen atoms in total. The van der Waals surface area contributed by atoms with E-state index in [-0.39, 0.29) is 21.3 Å². The van der Waals surface area contributed by atoms with E-state index < -0.39 is 5.54 Å². The van der Waals surface area contributed by atoms with Crippen molar-refractivity contribution in [3.63, 3.8) is 0 Å². The van der Waals surface area contributed by atoms with E-state index in [1.807, 2.05) is 6.92 Å². The van der Waals surface area contributed by atoms with E-state index in [0.29, 0.717) is 51.1 Å². The maximum atomic E-state index is 15.1. The average molecular weight is 487 g/mol. The van der Waals surface area contributed by atoms with Crippen molar-refractivity contribution in [1.82, 2.24) is 15.1 Å². The summed E-state index contributed by atoms with van der Waals surface area (Å²) < 4.78 is 25.3. The van der Waals surface area contributed by atoms with Crippen LogP contribution in [0.1, 0.15) is 39.2 Å². The van der Waals surface area contributed by atoms with Gasteiger partial charge in [0.2, 0.25) is 0 Å². The SMILES string of the molecule is CC1(C)C(N)=N[C@](C)(c2cc(-c3cc(-c4ncc(Cl)cn4)no3)ccc2F)C/S1=N/C1CC1. The van der Waals surface area contributed by atoms with E-state index >= 15 is 4.39 Å². The molecule has 1 fully saturated rings. The molecule has 1 aliphatic carbocycles. The highest BCUT2D eigenvalue weighted by molar-refractivity contribution is 7.89. The van der Waals surface area contributed by atoms with Crippen LogP contribution in [-0.4, -0.2) is 37.5 Å². The van der Waals surface area contributed by atoms with Crippen molar-refractivity contribution >= 4 is 28.1 Å². The van der Waals surface area contributed by atoms with E-state index in [4.69, 9.17) is 31.2 Å². The van der Waals surface area contributed by atoms with Gasteiger partial charge in [0, 0.05) is 35.3 Å². The Hall–Kier alpha value is -2.65. The van der Waals surface area contributed by atoms with E-state index in [1.54, 1.807) is 18.2 Å². The molecule has 1 aromatic carbocycles. The molecule has 5 rings (SSSR count). The fraction of sp³-hybridized carbons (Fsp3) is 0.391. The molecule has 1 aliphatic heterocycles. The molecule has 0 amide bonds. The zero-order chi connectivity index (χ0) is 23.4. The van der Waals surface area contributed by atoms with Crippen molar-refractivity contribution in [2.24, 2.45) is 15.1 Å². The number of aliphatic imine (C=N–C) groups is 1. The number of amidine groups is 1. The predicted molar refractivity (Wildman–Crippen MR) is 129 cm³/mol. The Morgan fingerprint density at radius 2 is 1.91 bits per heavy atom. The number of rotatable bonds is 4. The molecule has 10 heteroatoms. The van der Waals surface area contributed by atoms with Gasteiger partial charge in [-0.1, -0.05) is 27.4 Å². The Labute approximate surface area is 198 Å². The van der Waals surface area contributed by atoms with Crippen LogP contribution in [0.5, 0.6) is 0 Å². The van der Waals surface area contributed by atoms with Crippen molar-refractivity contribution in [1.29, 1.82) is 0 Å². The molecule has 0 saturated heterocycles. The number of benzene rings is 1. The molecule has 1 unspecified atom stereocenters. The van der Waals surface area contributed by atoms with Crippen LogP contribution < -0.4 is 5.73 Å². The standard InChI is InChI=1S/C23H24ClFN6OS/c1-22(2)21(26)29-23(3,12-33(22)31-15-5-6-15)16-8-13(4-7-17(16)25)19-9-18(30-32-19)20-27-10-14(24)11-28-20/h4,7-11,15H,5-6,12H2,1-3H3,(H2,26,29)/t23-,33?/m0/s1. The molecule has 1 saturated carbocycles. The van der Waals surface area contributed by atoms with Gasteiger partial charge in [0.25, 0.3) is 0 Å². The van der Waals surface area contributed by atoms with Crippen molar-refractivity contribution in [2.45, 2.75) is 49.9 Å². The van der Waals surface area contributed by atoms with Crippen LogP contribution in [0.15, 0.2) is 50.5 Å². The van der Waals surface area contributed by atoms with Gasteiger partial charge in [-0.15, -0.1) is 0 Å². The molecule has 3 aromatic rings. The summed E-state index contributed by atoms with van der Waals surface area (Å²) in [5.74, 6) is 1.64. The second kappa shape index (κ2) is 7.99. The summed E-state index contributed by atoms with van der Waals surface area (Å²) in [4.78, 5) is 13.1. The first-order chi connectivity index (χ1) is 15.7. The molecule has 2 aliphatic rings. The quantitative estimate of drug-likeness (QED) is 0.563. The van der Waals surface area contributed by atoms with Gasteiger partial charge in [-0.05, 0) is 51.8 Å². The van der Waals surface area contributed by atoms with Gasteiger partial charge in [-0.3, -0.25) is 9.36 Å². The summed E-state index contributed by atoms with van der Waals surface area (Å²) in [5.41, 5.74) is 7.18. The smallest absolute Gasteiger partial charge is 0.181 e. The normalized spacial score (nSPS) is 24.6. The average Bonchev–Trinajstić information content (AvgIpc) is 3.45. The third kappa shape index (κ3) is 4.19. The maximum absolute atomic E-state index is 15.1. The molecule has 3 heterocycles. The van der Waals surface area contributed by atoms with Gasteiger partial charge < -0.3 is 10.3 Å². The van der Waals surface area contributed by atoms with Crippen LogP contribution in [0.3, 0.4) is 0 Å². The summed E-state index contributed by atoms with van der Waals surface area (Å²) in [6, 6.07) is 6.96. The highest BCUT2D eigenvalue weighted by atomic mass is 35.5. The second-order valence-electron chi connectivity index (χ2n) is 9.12. The van der Waals surface area contributed by atoms with Gasteiger partial charge in [-0.2, -0.15) is 0 Å². The first kappa shape index (κ1) is 22.2. The Bertz CT molecular complexity index is 1280. The Morgan fingerprint density at radius 3 is 2.61 bits per heavy atom. The van der Waals surface area contributed by atoms with Gasteiger partial charge in [0.1, 0.15) is 11.7 Å². The van der Waals surface area contributed by atoms with Crippen LogP contribution in [0, 0.1) is 5.82 Å². The topological polar surface area (TPSA) is 103 Å². The molecule has 0 bridgehead atoms. The molecule has 172 valence electrons. The number of aromatic nitrogens is 3. The first-order valence-electron chi connectivity index (χ1n) is 10.7. The Kier molecular flexibility index (Phi) is 5.36. The summed E-state index contributed by atoms with van der Waals surface area (Å²) in [5, 5.41) is 4.49. The molecular formula is C23H24ClFN6OS. The minimum Gasteiger partial charge on any atom is -0.386 e. The van der Waals surface area contributed by atoms with Crippen molar-refractivity contribution in [3.8, 4) is 22.8 Å². The number of hydrogen-bond donors (Lipinski definition) is 1. The highest BCUT2D eigenvalue weighted by Crippen LogP contribution is 2.40. The number of hydrogen-bond acceptors (Lipinski definition) is 7. The van der Waals surface area contributed by atoms with Crippen molar-refractivity contribution in [3.05, 3.63) is 53.1 Å². The molecule has 0 radical (unpaired) electrons. The summed E-state index contributed by atoms with van der Waals surface area (Å²) in [7, 11) is -0.365. The predicted octanol–water partition coefficient (Wildman–Crippen LogP) is 4.92. The van der Waals surface area contributed by atoms with E-state index in [0.717, 1.165) is 12.8 Å². The lowest BCUT2D eigenvalue weighted by Crippen LogP contribution is -2.52. The van der Waals surface area contributed by atoms with Crippen LogP contribution in [0.4, 0.5) is 4.39 Å². The third-order valence-corrected chi connectivity index (χ3v) is 8.98. The number of halogens is 2. The highest BCUT2D eigenvalue weighted by Gasteiger charge is 2.43. The van der Waals surface area contributed by atoms with Gasteiger partial charge in [-0.25, -0.2) is 14.4 Å². The molecule has 2 atom stereocenters. The van der Waals surface area contributed by atoms with Crippen LogP contribution in [0.25, 0.3) is 22.8 Å². The van der Waals surface area contributed by atoms with Crippen LogP contribution >= 0.6 is 11.6 Å². The Balaban J connectivity index is 1.53. The summed E-state index contributed by atoms with van der Waals surface area (Å²) >= 11 is 5.86. The van der Waals surface area contributed by atoms with Gasteiger partial charge >= 0.3 is 0 Å². The third-order valence-electron chi connectivity index (χ3n) is 6.00. The van der Waals surface area contributed by atoms with E-state index in [1.165, 1.54) is 18.5 Å². The largest absolute Gasteiger partial charge is 0.386 e. The van der Waals surface area contributed by atoms with Crippen LogP contribution in [0.2, 0.25) is 5.02 Å². The monoisotopic (exact) mass is 486 g/mol. The fourth-order valence-corrected chi connectivity index (χ4v) is 6.13. The summed E-state index contributed by atoms with van der Waals surface area (Å²) in [6.45, 7) is 6.07. The fourth-order valence-electron chi connectivity index (χ4n) is 3.72. The minimum atomic E-state index is -0.830. The minimum absolute atomic E-state index is 0.339. The van der Waals surface area contributed by atoms with Gasteiger partial charge in [0.15, 0.2) is 17.3 Å². The lowest BCUT2D eigenvalue weighted by molar-refractivity contribution is 0.434. The molecule has 33 heavy (non-hydrogen) atoms. The maximum Gasteiger partial charge on any atom is 0.181 e. The zero-order valence-electron chi connectivity index (χ0n) is 18.5. The zero-order valence-corrected chi connectivity index (χ0v) is 20.1. The molecule has 0 spiro atoms. The molecule has 2 aromatic heterocycles. The van der Waals surface area contributed by atoms with E-state index in [9.17, 15) is 0 Å². The number of nitrogens with zero attached hydrogens (tertiary/aromatic N) is 5. The second-order valence-corrected chi connectivity index (χ2v) is 11.8. The van der Waals surface area contributed by atoms with E-state index in [2.05, 4.69) is 29.0 Å². The van der Waals surface area contributed by atoms with Crippen LogP contribution in [-0.2, 0) is 16.2 Å². The van der Waals surface area contributed by atoms with Gasteiger partial charge in [0.05, 0.1) is 21.4 Å². The number of nitrogens with two attached hydrogens (primary N) is 1. The summed E-state index contributed by atoms with van der Waals surface area (Å²) in [6.07, 6.45) is 5.21.